The number of primary amides is 1. The first-order valence-electron chi connectivity index (χ1n) is 8.84. The molecule has 1 aliphatic rings. The van der Waals surface area contributed by atoms with Gasteiger partial charge in [-0.15, -0.1) is 0 Å². The molecule has 0 bridgehead atoms. The Morgan fingerprint density at radius 3 is 2.43 bits per heavy atom. The topological polar surface area (TPSA) is 176 Å². The molecule has 0 aromatic heterocycles. The Bertz CT molecular complexity index is 751. The molecule has 3 amide bonds. The quantitative estimate of drug-likeness (QED) is 0.365. The molecule has 10 nitrogen and oxygen atoms in total. The number of carbonyl (C=O) groups is 4. The van der Waals surface area contributed by atoms with E-state index in [-0.39, 0.29) is 18.7 Å². The molecule has 10 heteroatoms. The molecule has 1 aliphatic heterocycles. The summed E-state index contributed by atoms with van der Waals surface area (Å²) in [6, 6.07) is 2.84. The van der Waals surface area contributed by atoms with E-state index in [1.54, 1.807) is 12.1 Å². The molecular weight excluding hydrogens is 368 g/mol. The van der Waals surface area contributed by atoms with Crippen LogP contribution in [0.2, 0.25) is 0 Å². The first kappa shape index (κ1) is 21.2. The number of phenols is 1. The third-order valence-electron chi connectivity index (χ3n) is 4.57. The lowest BCUT2D eigenvalue weighted by molar-refractivity contribution is -0.149. The van der Waals surface area contributed by atoms with Crippen molar-refractivity contribution < 1.29 is 29.4 Å². The second kappa shape index (κ2) is 9.18. The van der Waals surface area contributed by atoms with Crippen LogP contribution in [-0.2, 0) is 25.6 Å². The maximum absolute atomic E-state index is 12.7. The Kier molecular flexibility index (Phi) is 6.94. The van der Waals surface area contributed by atoms with Gasteiger partial charge in [-0.1, -0.05) is 12.1 Å². The van der Waals surface area contributed by atoms with Crippen LogP contribution in [0.5, 0.6) is 5.75 Å². The maximum atomic E-state index is 12.7. The summed E-state index contributed by atoms with van der Waals surface area (Å²) in [5, 5.41) is 20.9. The fourth-order valence-corrected chi connectivity index (χ4v) is 3.15. The second-order valence-electron chi connectivity index (χ2n) is 6.74. The highest BCUT2D eigenvalue weighted by molar-refractivity contribution is 5.94. The number of aromatic hydroxyl groups is 1. The molecule has 3 atom stereocenters. The van der Waals surface area contributed by atoms with E-state index in [9.17, 15) is 29.4 Å². The SMILES string of the molecule is NC(=O)C[C@H](NC(=O)[C@@H](N)Cc1ccc(O)cc1)C(=O)N1CCC[C@H]1C(=O)O. The molecule has 0 spiro atoms. The van der Waals surface area contributed by atoms with Crippen LogP contribution < -0.4 is 16.8 Å². The van der Waals surface area contributed by atoms with E-state index in [0.717, 1.165) is 4.90 Å². The van der Waals surface area contributed by atoms with Crippen molar-refractivity contribution in [3.05, 3.63) is 29.8 Å². The molecule has 0 saturated carbocycles. The third-order valence-corrected chi connectivity index (χ3v) is 4.57. The maximum Gasteiger partial charge on any atom is 0.326 e. The van der Waals surface area contributed by atoms with Gasteiger partial charge in [-0.05, 0) is 37.0 Å². The molecule has 28 heavy (non-hydrogen) atoms. The van der Waals surface area contributed by atoms with Crippen LogP contribution in [0.25, 0.3) is 0 Å². The number of rotatable bonds is 8. The number of nitrogens with one attached hydrogen (secondary N) is 1. The van der Waals surface area contributed by atoms with Crippen LogP contribution >= 0.6 is 0 Å². The average molecular weight is 392 g/mol. The summed E-state index contributed by atoms with van der Waals surface area (Å²) in [5.74, 6) is -3.21. The van der Waals surface area contributed by atoms with E-state index >= 15 is 0 Å². The van der Waals surface area contributed by atoms with Crippen molar-refractivity contribution in [3.8, 4) is 5.75 Å². The lowest BCUT2D eigenvalue weighted by Crippen LogP contribution is -2.55. The molecule has 0 radical (unpaired) electrons. The first-order valence-corrected chi connectivity index (χ1v) is 8.84. The van der Waals surface area contributed by atoms with Gasteiger partial charge in [-0.2, -0.15) is 0 Å². The minimum atomic E-state index is -1.28. The summed E-state index contributed by atoms with van der Waals surface area (Å²) in [6.07, 6.45) is 0.503. The zero-order valence-electron chi connectivity index (χ0n) is 15.2. The molecule has 1 fully saturated rings. The molecule has 1 heterocycles. The number of hydrogen-bond acceptors (Lipinski definition) is 6. The molecule has 0 aliphatic carbocycles. The number of nitrogens with two attached hydrogens (primary N) is 2. The normalized spacial score (nSPS) is 18.3. The smallest absolute Gasteiger partial charge is 0.326 e. The van der Waals surface area contributed by atoms with E-state index in [1.165, 1.54) is 12.1 Å². The Morgan fingerprint density at radius 1 is 1.21 bits per heavy atom. The van der Waals surface area contributed by atoms with Crippen molar-refractivity contribution in [1.29, 1.82) is 0 Å². The summed E-state index contributed by atoms with van der Waals surface area (Å²) < 4.78 is 0. The Balaban J connectivity index is 2.06. The standard InChI is InChI=1S/C18H24N4O6/c19-12(8-10-3-5-11(23)6-4-10)16(25)21-13(9-15(20)24)17(26)22-7-1-2-14(22)18(27)28/h3-6,12-14,23H,1-2,7-9,19H2,(H2,20,24)(H,21,25)(H,27,28)/t12-,13-,14-/m0/s1. The number of carboxylic acids is 1. The van der Waals surface area contributed by atoms with Crippen molar-refractivity contribution in [3.63, 3.8) is 0 Å². The number of benzene rings is 1. The van der Waals surface area contributed by atoms with E-state index in [1.807, 2.05) is 0 Å². The molecule has 2 rings (SSSR count). The molecule has 1 aromatic rings. The highest BCUT2D eigenvalue weighted by atomic mass is 16.4. The van der Waals surface area contributed by atoms with E-state index in [2.05, 4.69) is 5.32 Å². The number of aliphatic carboxylic acids is 1. The van der Waals surface area contributed by atoms with Crippen LogP contribution in [-0.4, -0.2) is 63.5 Å². The molecule has 1 saturated heterocycles. The number of carbonyl (C=O) groups excluding carboxylic acids is 3. The van der Waals surface area contributed by atoms with Gasteiger partial charge in [0.15, 0.2) is 0 Å². The zero-order valence-corrected chi connectivity index (χ0v) is 15.2. The largest absolute Gasteiger partial charge is 0.508 e. The summed E-state index contributed by atoms with van der Waals surface area (Å²) in [4.78, 5) is 48.9. The number of phenolic OH excluding ortho intramolecular Hbond substituents is 1. The van der Waals surface area contributed by atoms with Crippen molar-refractivity contribution in [2.75, 3.05) is 6.54 Å². The van der Waals surface area contributed by atoms with Crippen LogP contribution in [0.1, 0.15) is 24.8 Å². The molecule has 1 aromatic carbocycles. The van der Waals surface area contributed by atoms with Crippen LogP contribution in [0.15, 0.2) is 24.3 Å². The van der Waals surface area contributed by atoms with Gasteiger partial charge in [-0.3, -0.25) is 14.4 Å². The molecule has 152 valence electrons. The number of nitrogens with zero attached hydrogens (tertiary/aromatic N) is 1. The van der Waals surface area contributed by atoms with Gasteiger partial charge in [0.2, 0.25) is 17.7 Å². The van der Waals surface area contributed by atoms with Gasteiger partial charge in [-0.25, -0.2) is 4.79 Å². The number of amides is 3. The summed E-state index contributed by atoms with van der Waals surface area (Å²) in [6.45, 7) is 0.223. The second-order valence-corrected chi connectivity index (χ2v) is 6.74. The van der Waals surface area contributed by atoms with Crippen molar-refractivity contribution in [2.24, 2.45) is 11.5 Å². The number of likely N-dealkylation sites (tertiary alicyclic amines) is 1. The molecular formula is C18H24N4O6. The summed E-state index contributed by atoms with van der Waals surface area (Å²) >= 11 is 0. The van der Waals surface area contributed by atoms with Crippen molar-refractivity contribution in [2.45, 2.75) is 43.8 Å². The zero-order chi connectivity index (χ0) is 20.8. The Morgan fingerprint density at radius 2 is 1.86 bits per heavy atom. The molecule has 0 unspecified atom stereocenters. The highest BCUT2D eigenvalue weighted by Crippen LogP contribution is 2.19. The molecule has 7 N–H and O–H groups in total. The van der Waals surface area contributed by atoms with Crippen LogP contribution in [0.3, 0.4) is 0 Å². The van der Waals surface area contributed by atoms with E-state index in [0.29, 0.717) is 18.4 Å². The highest BCUT2D eigenvalue weighted by Gasteiger charge is 2.38. The van der Waals surface area contributed by atoms with E-state index < -0.39 is 48.2 Å². The van der Waals surface area contributed by atoms with Crippen molar-refractivity contribution >= 4 is 23.7 Å². The fraction of sp³-hybridized carbons (Fsp3) is 0.444. The van der Waals surface area contributed by atoms with Crippen molar-refractivity contribution in [1.82, 2.24) is 10.2 Å². The minimum Gasteiger partial charge on any atom is -0.508 e. The monoisotopic (exact) mass is 392 g/mol. The van der Waals surface area contributed by atoms with Gasteiger partial charge < -0.3 is 31.9 Å². The Hall–Kier alpha value is -3.14. The van der Waals surface area contributed by atoms with E-state index in [4.69, 9.17) is 11.5 Å². The first-order chi connectivity index (χ1) is 13.2. The van der Waals surface area contributed by atoms with Gasteiger partial charge in [0.25, 0.3) is 0 Å². The predicted molar refractivity (Wildman–Crippen MR) is 97.9 cm³/mol. The lowest BCUT2D eigenvalue weighted by atomic mass is 10.0. The van der Waals surface area contributed by atoms with Gasteiger partial charge in [0.1, 0.15) is 17.8 Å². The van der Waals surface area contributed by atoms with Gasteiger partial charge in [0.05, 0.1) is 12.5 Å². The average Bonchev–Trinajstić information content (AvgIpc) is 3.12. The fourth-order valence-electron chi connectivity index (χ4n) is 3.15. The van der Waals surface area contributed by atoms with Crippen LogP contribution in [0.4, 0.5) is 0 Å². The third kappa shape index (κ3) is 5.43. The van der Waals surface area contributed by atoms with Crippen LogP contribution in [0, 0.1) is 0 Å². The summed E-state index contributed by atoms with van der Waals surface area (Å²) in [7, 11) is 0. The Labute approximate surface area is 161 Å². The predicted octanol–water partition coefficient (Wildman–Crippen LogP) is -1.30. The summed E-state index contributed by atoms with van der Waals surface area (Å²) in [5.41, 5.74) is 11.8. The number of hydrogen-bond donors (Lipinski definition) is 5. The number of carboxylic acid groups (broad SMARTS) is 1. The van der Waals surface area contributed by atoms with Gasteiger partial charge in [0, 0.05) is 6.54 Å². The minimum absolute atomic E-state index is 0.0764. The lowest BCUT2D eigenvalue weighted by Gasteiger charge is -2.27. The van der Waals surface area contributed by atoms with Gasteiger partial charge >= 0.3 is 5.97 Å².